The second-order valence-corrected chi connectivity index (χ2v) is 6.89. The van der Waals surface area contributed by atoms with Gasteiger partial charge in [0.25, 0.3) is 0 Å². The van der Waals surface area contributed by atoms with E-state index in [4.69, 9.17) is 0 Å². The maximum absolute atomic E-state index is 13.7. The molecule has 0 spiro atoms. The van der Waals surface area contributed by atoms with E-state index in [9.17, 15) is 22.8 Å². The number of carbonyl (C=O) groups excluding carboxylic acids is 2. The van der Waals surface area contributed by atoms with Crippen LogP contribution in [-0.2, 0) is 16.0 Å². The number of anilines is 2. The first kappa shape index (κ1) is 19.9. The average Bonchev–Trinajstić information content (AvgIpc) is 2.97. The molecular weight excluding hydrogens is 371 g/mol. The van der Waals surface area contributed by atoms with E-state index in [0.717, 1.165) is 29.8 Å². The lowest BCUT2D eigenvalue weighted by Gasteiger charge is -2.25. The van der Waals surface area contributed by atoms with Gasteiger partial charge in [-0.3, -0.25) is 14.5 Å². The van der Waals surface area contributed by atoms with Gasteiger partial charge in [0.1, 0.15) is 0 Å². The lowest BCUT2D eigenvalue weighted by molar-refractivity contribution is -0.121. The summed E-state index contributed by atoms with van der Waals surface area (Å²) in [4.78, 5) is 28.0. The molecule has 2 aromatic rings. The fourth-order valence-corrected chi connectivity index (χ4v) is 3.37. The van der Waals surface area contributed by atoms with E-state index in [1.807, 2.05) is 31.2 Å². The molecule has 1 aliphatic rings. The SMILES string of the molecule is C[C@@H]1Cc2ccccc2N1C(=O)CN(C)CC(=O)Nc1ccc(F)c(F)c1F. The van der Waals surface area contributed by atoms with Crippen LogP contribution < -0.4 is 10.2 Å². The summed E-state index contributed by atoms with van der Waals surface area (Å²) < 4.78 is 39.9. The number of nitrogens with one attached hydrogen (secondary N) is 1. The molecule has 0 aromatic heterocycles. The monoisotopic (exact) mass is 391 g/mol. The third-order valence-electron chi connectivity index (χ3n) is 4.60. The molecule has 28 heavy (non-hydrogen) atoms. The van der Waals surface area contributed by atoms with E-state index in [1.165, 1.54) is 4.90 Å². The first-order valence-electron chi connectivity index (χ1n) is 8.79. The fourth-order valence-electron chi connectivity index (χ4n) is 3.37. The van der Waals surface area contributed by atoms with Crippen molar-refractivity contribution in [2.45, 2.75) is 19.4 Å². The van der Waals surface area contributed by atoms with Crippen molar-refractivity contribution in [3.05, 3.63) is 59.4 Å². The second-order valence-electron chi connectivity index (χ2n) is 6.89. The summed E-state index contributed by atoms with van der Waals surface area (Å²) in [7, 11) is 1.58. The predicted molar refractivity (Wildman–Crippen MR) is 99.5 cm³/mol. The summed E-state index contributed by atoms with van der Waals surface area (Å²) in [5.41, 5.74) is 1.50. The van der Waals surface area contributed by atoms with Crippen LogP contribution in [0.1, 0.15) is 12.5 Å². The van der Waals surface area contributed by atoms with E-state index in [-0.39, 0.29) is 25.0 Å². The molecule has 0 radical (unpaired) electrons. The topological polar surface area (TPSA) is 52.7 Å². The standard InChI is InChI=1S/C20H20F3N3O2/c1-12-9-13-5-3-4-6-16(13)26(12)18(28)11-25(2)10-17(27)24-15-8-7-14(21)19(22)20(15)23/h3-8,12H,9-11H2,1-2H3,(H,24,27)/t12-/m1/s1. The van der Waals surface area contributed by atoms with E-state index < -0.39 is 29.0 Å². The Morgan fingerprint density at radius 1 is 1.11 bits per heavy atom. The van der Waals surface area contributed by atoms with Crippen LogP contribution in [0.2, 0.25) is 0 Å². The Kier molecular flexibility index (Phi) is 5.69. The molecule has 0 saturated carbocycles. The number of likely N-dealkylation sites (N-methyl/N-ethyl adjacent to an activating group) is 1. The highest BCUT2D eigenvalue weighted by Gasteiger charge is 2.31. The van der Waals surface area contributed by atoms with Crippen molar-refractivity contribution < 1.29 is 22.8 Å². The number of rotatable bonds is 5. The molecule has 1 N–H and O–H groups in total. The molecule has 0 saturated heterocycles. The quantitative estimate of drug-likeness (QED) is 0.798. The number of nitrogens with zero attached hydrogens (tertiary/aromatic N) is 2. The first-order chi connectivity index (χ1) is 13.3. The number of para-hydroxylation sites is 1. The Balaban J connectivity index is 1.60. The van der Waals surface area contributed by atoms with Crippen molar-refractivity contribution in [2.24, 2.45) is 0 Å². The summed E-state index contributed by atoms with van der Waals surface area (Å²) in [5, 5.41) is 2.19. The minimum Gasteiger partial charge on any atom is -0.322 e. The number of halogens is 3. The van der Waals surface area contributed by atoms with Gasteiger partial charge in [-0.1, -0.05) is 18.2 Å². The number of amides is 2. The molecule has 1 atom stereocenters. The molecule has 0 fully saturated rings. The summed E-state index contributed by atoms with van der Waals surface area (Å²) in [6.07, 6.45) is 0.765. The molecule has 5 nitrogen and oxygen atoms in total. The normalized spacial score (nSPS) is 15.6. The Morgan fingerprint density at radius 3 is 2.57 bits per heavy atom. The van der Waals surface area contributed by atoms with Gasteiger partial charge in [0, 0.05) is 11.7 Å². The van der Waals surface area contributed by atoms with Crippen LogP contribution in [0, 0.1) is 17.5 Å². The van der Waals surface area contributed by atoms with E-state index in [2.05, 4.69) is 5.32 Å². The van der Waals surface area contributed by atoms with Crippen LogP contribution in [0.25, 0.3) is 0 Å². The Morgan fingerprint density at radius 2 is 1.82 bits per heavy atom. The summed E-state index contributed by atoms with van der Waals surface area (Å²) >= 11 is 0. The highest BCUT2D eigenvalue weighted by atomic mass is 19.2. The second kappa shape index (κ2) is 8.02. The van der Waals surface area contributed by atoms with Gasteiger partial charge in [-0.05, 0) is 44.2 Å². The highest BCUT2D eigenvalue weighted by Crippen LogP contribution is 2.31. The lowest BCUT2D eigenvalue weighted by atomic mass is 10.1. The average molecular weight is 391 g/mol. The summed E-state index contributed by atoms with van der Waals surface area (Å²) in [6.45, 7) is 1.72. The Labute approximate surface area is 160 Å². The minimum atomic E-state index is -1.65. The molecule has 0 aliphatic carbocycles. The van der Waals surface area contributed by atoms with E-state index >= 15 is 0 Å². The van der Waals surface area contributed by atoms with Gasteiger partial charge in [0.15, 0.2) is 17.5 Å². The smallest absolute Gasteiger partial charge is 0.241 e. The molecule has 1 heterocycles. The highest BCUT2D eigenvalue weighted by molar-refractivity contribution is 5.98. The van der Waals surface area contributed by atoms with Gasteiger partial charge in [0.2, 0.25) is 11.8 Å². The van der Waals surface area contributed by atoms with Gasteiger partial charge in [-0.2, -0.15) is 0 Å². The third-order valence-corrected chi connectivity index (χ3v) is 4.60. The largest absolute Gasteiger partial charge is 0.322 e. The van der Waals surface area contributed by atoms with Crippen molar-refractivity contribution in [3.8, 4) is 0 Å². The molecular formula is C20H20F3N3O2. The van der Waals surface area contributed by atoms with Crippen LogP contribution in [0.3, 0.4) is 0 Å². The molecule has 2 aromatic carbocycles. The van der Waals surface area contributed by atoms with Crippen molar-refractivity contribution in [1.29, 1.82) is 0 Å². The van der Waals surface area contributed by atoms with Crippen molar-refractivity contribution in [3.63, 3.8) is 0 Å². The number of carbonyl (C=O) groups is 2. The molecule has 2 amide bonds. The number of hydrogen-bond acceptors (Lipinski definition) is 3. The van der Waals surface area contributed by atoms with Gasteiger partial charge < -0.3 is 10.2 Å². The van der Waals surface area contributed by atoms with E-state index in [0.29, 0.717) is 0 Å². The molecule has 0 bridgehead atoms. The first-order valence-corrected chi connectivity index (χ1v) is 8.79. The number of fused-ring (bicyclic) bond motifs is 1. The van der Waals surface area contributed by atoms with Crippen LogP contribution in [0.15, 0.2) is 36.4 Å². The zero-order valence-electron chi connectivity index (χ0n) is 15.5. The molecule has 1 aliphatic heterocycles. The van der Waals surface area contributed by atoms with Crippen molar-refractivity contribution >= 4 is 23.2 Å². The molecule has 0 unspecified atom stereocenters. The third kappa shape index (κ3) is 4.01. The predicted octanol–water partition coefficient (Wildman–Crippen LogP) is 2.95. The number of hydrogen-bond donors (Lipinski definition) is 1. The summed E-state index contributed by atoms with van der Waals surface area (Å²) in [6, 6.07) is 9.34. The maximum atomic E-state index is 13.7. The van der Waals surface area contributed by atoms with Gasteiger partial charge in [-0.25, -0.2) is 13.2 Å². The minimum absolute atomic E-state index is 0.0170. The fraction of sp³-hybridized carbons (Fsp3) is 0.300. The van der Waals surface area contributed by atoms with Crippen molar-refractivity contribution in [1.82, 2.24) is 4.90 Å². The molecule has 8 heteroatoms. The van der Waals surface area contributed by atoms with Crippen LogP contribution in [0.4, 0.5) is 24.5 Å². The van der Waals surface area contributed by atoms with E-state index in [1.54, 1.807) is 11.9 Å². The van der Waals surface area contributed by atoms with Crippen LogP contribution in [-0.4, -0.2) is 42.9 Å². The zero-order valence-corrected chi connectivity index (χ0v) is 15.5. The Hall–Kier alpha value is -2.87. The van der Waals surface area contributed by atoms with Gasteiger partial charge in [0.05, 0.1) is 18.8 Å². The zero-order chi connectivity index (χ0) is 20.4. The van der Waals surface area contributed by atoms with Crippen LogP contribution >= 0.6 is 0 Å². The van der Waals surface area contributed by atoms with Crippen LogP contribution in [0.5, 0.6) is 0 Å². The Bertz CT molecular complexity index is 920. The lowest BCUT2D eigenvalue weighted by Crippen LogP contribution is -2.43. The van der Waals surface area contributed by atoms with Gasteiger partial charge >= 0.3 is 0 Å². The summed E-state index contributed by atoms with van der Waals surface area (Å²) in [5.74, 6) is -5.25. The van der Waals surface area contributed by atoms with Gasteiger partial charge in [-0.15, -0.1) is 0 Å². The molecule has 3 rings (SSSR count). The van der Waals surface area contributed by atoms with Crippen molar-refractivity contribution in [2.75, 3.05) is 30.4 Å². The maximum Gasteiger partial charge on any atom is 0.241 e. The number of benzene rings is 2. The molecule has 148 valence electrons.